The Balaban J connectivity index is 1.67. The van der Waals surface area contributed by atoms with Crippen LogP contribution in [-0.4, -0.2) is 63.6 Å². The summed E-state index contributed by atoms with van der Waals surface area (Å²) in [6.07, 6.45) is 0.392. The Labute approximate surface area is 209 Å². The molecule has 0 saturated carbocycles. The number of amides is 1. The zero-order valence-electron chi connectivity index (χ0n) is 20.8. The predicted molar refractivity (Wildman–Crippen MR) is 140 cm³/mol. The lowest BCUT2D eigenvalue weighted by Crippen LogP contribution is -2.20. The molecule has 2 aromatic heterocycles. The fraction of sp³-hybridized carbons (Fsp3) is 0.280. The highest BCUT2D eigenvalue weighted by Crippen LogP contribution is 2.33. The lowest BCUT2D eigenvalue weighted by Gasteiger charge is -2.12. The van der Waals surface area contributed by atoms with E-state index < -0.39 is 10.0 Å². The summed E-state index contributed by atoms with van der Waals surface area (Å²) >= 11 is 0. The number of nitrogens with one attached hydrogen (secondary N) is 2. The molecule has 0 spiro atoms. The van der Waals surface area contributed by atoms with Crippen LogP contribution in [0.15, 0.2) is 53.4 Å². The van der Waals surface area contributed by atoms with Crippen molar-refractivity contribution in [2.45, 2.75) is 11.3 Å². The first-order valence-corrected chi connectivity index (χ1v) is 12.7. The van der Waals surface area contributed by atoms with Gasteiger partial charge in [-0.05, 0) is 50.5 Å². The normalized spacial score (nSPS) is 11.7. The van der Waals surface area contributed by atoms with Crippen LogP contribution in [-0.2, 0) is 21.9 Å². The number of hydrogen-bond acceptors (Lipinski definition) is 7. The minimum atomic E-state index is -3.93. The second-order valence-electron chi connectivity index (χ2n) is 8.59. The van der Waals surface area contributed by atoms with Crippen LogP contribution < -0.4 is 19.5 Å². The van der Waals surface area contributed by atoms with Crippen LogP contribution in [0.3, 0.4) is 0 Å². The van der Waals surface area contributed by atoms with Crippen molar-refractivity contribution in [3.63, 3.8) is 0 Å². The van der Waals surface area contributed by atoms with Gasteiger partial charge in [-0.15, -0.1) is 0 Å². The molecule has 2 heterocycles. The van der Waals surface area contributed by atoms with Gasteiger partial charge in [-0.25, -0.2) is 8.42 Å². The van der Waals surface area contributed by atoms with Gasteiger partial charge in [-0.3, -0.25) is 9.52 Å². The van der Waals surface area contributed by atoms with Crippen molar-refractivity contribution in [2.24, 2.45) is 7.05 Å². The van der Waals surface area contributed by atoms with Gasteiger partial charge in [0.15, 0.2) is 0 Å². The Morgan fingerprint density at radius 3 is 2.47 bits per heavy atom. The number of carbonyl (C=O) groups is 1. The van der Waals surface area contributed by atoms with E-state index >= 15 is 0 Å². The zero-order chi connectivity index (χ0) is 26.0. The van der Waals surface area contributed by atoms with E-state index in [0.29, 0.717) is 24.5 Å². The summed E-state index contributed by atoms with van der Waals surface area (Å²) in [6.45, 7) is 0.659. The van der Waals surface area contributed by atoms with Gasteiger partial charge >= 0.3 is 0 Å². The van der Waals surface area contributed by atoms with E-state index in [0.717, 1.165) is 21.8 Å². The van der Waals surface area contributed by atoms with Crippen molar-refractivity contribution in [1.82, 2.24) is 14.5 Å². The number of hydrogen-bond donors (Lipinski definition) is 2. The summed E-state index contributed by atoms with van der Waals surface area (Å²) in [5.41, 5.74) is 2.62. The Morgan fingerprint density at radius 2 is 1.78 bits per heavy atom. The van der Waals surface area contributed by atoms with Gasteiger partial charge in [-0.1, -0.05) is 6.07 Å². The highest BCUT2D eigenvalue weighted by Gasteiger charge is 2.20. The topological polar surface area (TPSA) is 115 Å². The number of fused-ring (bicyclic) bond motifs is 3. The van der Waals surface area contributed by atoms with Gasteiger partial charge in [0.2, 0.25) is 17.7 Å². The number of pyridine rings is 1. The van der Waals surface area contributed by atoms with Crippen molar-refractivity contribution in [3.8, 4) is 11.8 Å². The molecule has 0 radical (unpaired) electrons. The Kier molecular flexibility index (Phi) is 7.04. The maximum atomic E-state index is 13.2. The average molecular weight is 512 g/mol. The lowest BCUT2D eigenvalue weighted by atomic mass is 10.1. The molecule has 0 bridgehead atoms. The van der Waals surface area contributed by atoms with Gasteiger partial charge in [0.25, 0.3) is 10.0 Å². The van der Waals surface area contributed by atoms with E-state index in [9.17, 15) is 13.2 Å². The number of methoxy groups -OCH3 is 2. The molecule has 11 heteroatoms. The molecule has 0 aliphatic heterocycles. The van der Waals surface area contributed by atoms with Crippen molar-refractivity contribution in [2.75, 3.05) is 44.9 Å². The molecule has 0 saturated heterocycles. The Bertz CT molecular complexity index is 1550. The predicted octanol–water partition coefficient (Wildman–Crippen LogP) is 3.43. The number of carbonyl (C=O) groups excluding carboxylic acids is 1. The van der Waals surface area contributed by atoms with E-state index in [1.807, 2.05) is 48.8 Å². The Hall–Kier alpha value is -3.83. The third-order valence-corrected chi connectivity index (χ3v) is 7.20. The second-order valence-corrected chi connectivity index (χ2v) is 10.3. The van der Waals surface area contributed by atoms with Crippen LogP contribution in [0, 0.1) is 0 Å². The molecule has 36 heavy (non-hydrogen) atoms. The number of nitrogens with zero attached hydrogens (tertiary/aromatic N) is 3. The summed E-state index contributed by atoms with van der Waals surface area (Å²) < 4.78 is 41.2. The van der Waals surface area contributed by atoms with Gasteiger partial charge in [0.05, 0.1) is 24.6 Å². The number of aryl methyl sites for hydroxylation is 1. The zero-order valence-corrected chi connectivity index (χ0v) is 21.6. The van der Waals surface area contributed by atoms with E-state index in [1.165, 1.54) is 20.3 Å². The second kappa shape index (κ2) is 10.0. The molecular weight excluding hydrogens is 482 g/mol. The van der Waals surface area contributed by atoms with Crippen LogP contribution in [0.25, 0.3) is 21.8 Å². The first-order valence-electron chi connectivity index (χ1n) is 11.2. The molecule has 0 fully saturated rings. The number of benzene rings is 2. The monoisotopic (exact) mass is 511 g/mol. The van der Waals surface area contributed by atoms with Gasteiger partial charge < -0.3 is 24.3 Å². The van der Waals surface area contributed by atoms with Crippen LogP contribution >= 0.6 is 0 Å². The number of rotatable bonds is 9. The molecule has 4 aromatic rings. The molecule has 0 aliphatic rings. The highest BCUT2D eigenvalue weighted by atomic mass is 32.2. The molecule has 2 aromatic carbocycles. The smallest absolute Gasteiger partial charge is 0.262 e. The van der Waals surface area contributed by atoms with Crippen molar-refractivity contribution in [1.29, 1.82) is 0 Å². The highest BCUT2D eigenvalue weighted by molar-refractivity contribution is 7.92. The molecule has 0 atom stereocenters. The van der Waals surface area contributed by atoms with Crippen LogP contribution in [0.5, 0.6) is 11.8 Å². The number of sulfonamides is 1. The molecular formula is C25H29N5O5S. The molecule has 4 rings (SSSR count). The van der Waals surface area contributed by atoms with Crippen molar-refractivity contribution in [3.05, 3.63) is 48.5 Å². The first kappa shape index (κ1) is 25.3. The molecule has 0 unspecified atom stereocenters. The first-order chi connectivity index (χ1) is 17.1. The third kappa shape index (κ3) is 5.07. The average Bonchev–Trinajstić information content (AvgIpc) is 3.13. The molecule has 0 aliphatic carbocycles. The third-order valence-electron chi connectivity index (χ3n) is 5.84. The standard InChI is InChI=1S/C25H29N5O5S/c1-29(2)13-12-23(31)26-16-6-8-18-19-15-17(7-10-21(19)30(3)22(18)14-16)36(32,33)28-20-9-11-24(34-4)27-25(20)35-5/h6-11,14-15,28H,12-13H2,1-5H3,(H,26,31). The maximum absolute atomic E-state index is 13.2. The maximum Gasteiger partial charge on any atom is 0.262 e. The van der Waals surface area contributed by atoms with Gasteiger partial charge in [-0.2, -0.15) is 4.98 Å². The number of aromatic nitrogens is 2. The summed E-state index contributed by atoms with van der Waals surface area (Å²) in [7, 11) is 4.68. The van der Waals surface area contributed by atoms with E-state index in [-0.39, 0.29) is 22.4 Å². The minimum absolute atomic E-state index is 0.0651. The van der Waals surface area contributed by atoms with Crippen LogP contribution in [0.1, 0.15) is 6.42 Å². The molecule has 10 nitrogen and oxygen atoms in total. The number of anilines is 2. The summed E-state index contributed by atoms with van der Waals surface area (Å²) in [5, 5.41) is 4.58. The molecule has 2 N–H and O–H groups in total. The van der Waals surface area contributed by atoms with Crippen molar-refractivity contribution >= 4 is 49.1 Å². The van der Waals surface area contributed by atoms with E-state index in [2.05, 4.69) is 15.0 Å². The number of ether oxygens (including phenoxy) is 2. The Morgan fingerprint density at radius 1 is 1.00 bits per heavy atom. The van der Waals surface area contributed by atoms with Gasteiger partial charge in [0, 0.05) is 48.1 Å². The summed E-state index contributed by atoms with van der Waals surface area (Å²) in [4.78, 5) is 18.4. The van der Waals surface area contributed by atoms with Gasteiger partial charge in [0.1, 0.15) is 5.69 Å². The van der Waals surface area contributed by atoms with E-state index in [4.69, 9.17) is 9.47 Å². The summed E-state index contributed by atoms with van der Waals surface area (Å²) in [6, 6.07) is 13.6. The van der Waals surface area contributed by atoms with Crippen molar-refractivity contribution < 1.29 is 22.7 Å². The largest absolute Gasteiger partial charge is 0.481 e. The quantitative estimate of drug-likeness (QED) is 0.354. The fourth-order valence-corrected chi connectivity index (χ4v) is 5.04. The van der Waals surface area contributed by atoms with E-state index in [1.54, 1.807) is 24.3 Å². The molecule has 1 amide bonds. The minimum Gasteiger partial charge on any atom is -0.481 e. The van der Waals surface area contributed by atoms with Crippen LogP contribution in [0.4, 0.5) is 11.4 Å². The molecule has 190 valence electrons. The fourth-order valence-electron chi connectivity index (χ4n) is 3.96. The lowest BCUT2D eigenvalue weighted by molar-refractivity contribution is -0.116. The van der Waals surface area contributed by atoms with Crippen LogP contribution in [0.2, 0.25) is 0 Å². The SMILES string of the molecule is COc1ccc(NS(=O)(=O)c2ccc3c(c2)c2ccc(NC(=O)CCN(C)C)cc2n3C)c(OC)n1. The summed E-state index contributed by atoms with van der Waals surface area (Å²) in [5.74, 6) is 0.342.